The van der Waals surface area contributed by atoms with Crippen molar-refractivity contribution >= 4 is 11.6 Å². The predicted molar refractivity (Wildman–Crippen MR) is 66.1 cm³/mol. The molecule has 0 amide bonds. The Hall–Kier alpha value is -1.58. The van der Waals surface area contributed by atoms with Gasteiger partial charge in [0, 0.05) is 12.2 Å². The minimum Gasteiger partial charge on any atom is -0.370 e. The third kappa shape index (κ3) is 3.88. The van der Waals surface area contributed by atoms with Gasteiger partial charge in [0.1, 0.15) is 5.82 Å². The zero-order valence-corrected chi connectivity index (χ0v) is 9.92. The average molecular weight is 223 g/mol. The number of hydrogen-bond acceptors (Lipinski definition) is 1. The van der Waals surface area contributed by atoms with E-state index in [-0.39, 0.29) is 5.82 Å². The molecule has 0 atom stereocenters. The molecular weight excluding hydrogens is 205 g/mol. The highest BCUT2D eigenvalue weighted by molar-refractivity contribution is 5.92. The Balaban J connectivity index is 2.66. The lowest BCUT2D eigenvalue weighted by Crippen LogP contribution is -2.23. The standard InChI is InChI=1S/C12H18FN3/c1-8(2)7-15-12(14)16-10-5-4-9(3)11(13)6-10/h4-6,8H,7H2,1-3H3,(H3,14,15,16). The van der Waals surface area contributed by atoms with Crippen molar-refractivity contribution in [2.75, 3.05) is 11.9 Å². The van der Waals surface area contributed by atoms with E-state index in [0.717, 1.165) is 0 Å². The minimum absolute atomic E-state index is 0.248. The Morgan fingerprint density at radius 1 is 1.50 bits per heavy atom. The van der Waals surface area contributed by atoms with Gasteiger partial charge >= 0.3 is 0 Å². The number of guanidine groups is 1. The summed E-state index contributed by atoms with van der Waals surface area (Å²) in [6, 6.07) is 4.89. The second-order valence-corrected chi connectivity index (χ2v) is 4.21. The first kappa shape index (κ1) is 12.5. The highest BCUT2D eigenvalue weighted by Crippen LogP contribution is 2.13. The topological polar surface area (TPSA) is 50.4 Å². The molecule has 0 aliphatic rings. The van der Waals surface area contributed by atoms with Crippen molar-refractivity contribution < 1.29 is 4.39 Å². The second kappa shape index (κ2) is 5.49. The van der Waals surface area contributed by atoms with Gasteiger partial charge in [0.15, 0.2) is 5.96 Å². The Bertz CT molecular complexity index is 386. The van der Waals surface area contributed by atoms with Crippen LogP contribution >= 0.6 is 0 Å². The smallest absolute Gasteiger partial charge is 0.193 e. The lowest BCUT2D eigenvalue weighted by molar-refractivity contribution is 0.619. The third-order valence-corrected chi connectivity index (χ3v) is 2.07. The number of nitrogens with two attached hydrogens (primary N) is 1. The van der Waals surface area contributed by atoms with Gasteiger partial charge in [-0.1, -0.05) is 19.9 Å². The minimum atomic E-state index is -0.248. The maximum Gasteiger partial charge on any atom is 0.193 e. The number of halogens is 1. The molecule has 88 valence electrons. The number of hydrogen-bond donors (Lipinski definition) is 2. The average Bonchev–Trinajstić information content (AvgIpc) is 2.21. The number of rotatable bonds is 3. The predicted octanol–water partition coefficient (Wildman–Crippen LogP) is 2.52. The van der Waals surface area contributed by atoms with Crippen LogP contribution in [0.4, 0.5) is 10.1 Å². The monoisotopic (exact) mass is 223 g/mol. The molecular formula is C12H18FN3. The molecule has 0 radical (unpaired) electrons. The van der Waals surface area contributed by atoms with Crippen LogP contribution in [0.3, 0.4) is 0 Å². The van der Waals surface area contributed by atoms with Crippen LogP contribution in [0.15, 0.2) is 23.2 Å². The van der Waals surface area contributed by atoms with Gasteiger partial charge in [0.2, 0.25) is 0 Å². The summed E-state index contributed by atoms with van der Waals surface area (Å²) in [6.45, 7) is 6.49. The lowest BCUT2D eigenvalue weighted by Gasteiger charge is -2.07. The van der Waals surface area contributed by atoms with Crippen molar-refractivity contribution in [1.29, 1.82) is 0 Å². The molecule has 0 saturated carbocycles. The second-order valence-electron chi connectivity index (χ2n) is 4.21. The van der Waals surface area contributed by atoms with Crippen LogP contribution < -0.4 is 11.1 Å². The lowest BCUT2D eigenvalue weighted by atomic mass is 10.2. The van der Waals surface area contributed by atoms with E-state index < -0.39 is 0 Å². The van der Waals surface area contributed by atoms with Crippen molar-refractivity contribution in [3.8, 4) is 0 Å². The molecule has 1 aromatic rings. The molecule has 0 aliphatic heterocycles. The first-order valence-corrected chi connectivity index (χ1v) is 5.32. The van der Waals surface area contributed by atoms with E-state index in [9.17, 15) is 4.39 Å². The molecule has 4 heteroatoms. The first-order valence-electron chi connectivity index (χ1n) is 5.32. The van der Waals surface area contributed by atoms with Crippen LogP contribution in [0.25, 0.3) is 0 Å². The molecule has 0 unspecified atom stereocenters. The quantitative estimate of drug-likeness (QED) is 0.611. The Morgan fingerprint density at radius 2 is 2.19 bits per heavy atom. The third-order valence-electron chi connectivity index (χ3n) is 2.07. The summed E-state index contributed by atoms with van der Waals surface area (Å²) in [7, 11) is 0. The Labute approximate surface area is 95.6 Å². The molecule has 0 saturated heterocycles. The molecule has 0 bridgehead atoms. The van der Waals surface area contributed by atoms with Gasteiger partial charge in [-0.2, -0.15) is 0 Å². The number of benzene rings is 1. The fraction of sp³-hybridized carbons (Fsp3) is 0.417. The maximum absolute atomic E-state index is 13.2. The Kier molecular flexibility index (Phi) is 4.28. The molecule has 3 N–H and O–H groups in total. The number of nitrogens with zero attached hydrogens (tertiary/aromatic N) is 1. The van der Waals surface area contributed by atoms with Crippen molar-refractivity contribution in [2.24, 2.45) is 16.6 Å². The van der Waals surface area contributed by atoms with Crippen molar-refractivity contribution in [3.63, 3.8) is 0 Å². The van der Waals surface area contributed by atoms with Gasteiger partial charge < -0.3 is 11.1 Å². The van der Waals surface area contributed by atoms with E-state index in [2.05, 4.69) is 24.2 Å². The van der Waals surface area contributed by atoms with Gasteiger partial charge in [0.25, 0.3) is 0 Å². The van der Waals surface area contributed by atoms with Crippen LogP contribution in [-0.4, -0.2) is 12.5 Å². The molecule has 0 spiro atoms. The van der Waals surface area contributed by atoms with E-state index >= 15 is 0 Å². The summed E-state index contributed by atoms with van der Waals surface area (Å²) in [4.78, 5) is 4.13. The van der Waals surface area contributed by atoms with Crippen LogP contribution in [0.5, 0.6) is 0 Å². The fourth-order valence-corrected chi connectivity index (χ4v) is 1.14. The fourth-order valence-electron chi connectivity index (χ4n) is 1.14. The number of aliphatic imine (C=N–C) groups is 1. The van der Waals surface area contributed by atoms with E-state index in [1.807, 2.05) is 0 Å². The molecule has 0 aliphatic carbocycles. The van der Waals surface area contributed by atoms with Gasteiger partial charge in [-0.15, -0.1) is 0 Å². The molecule has 0 fully saturated rings. The van der Waals surface area contributed by atoms with E-state index in [4.69, 9.17) is 5.73 Å². The van der Waals surface area contributed by atoms with Gasteiger partial charge in [-0.25, -0.2) is 4.39 Å². The first-order chi connectivity index (χ1) is 7.49. The summed E-state index contributed by atoms with van der Waals surface area (Å²) in [5.74, 6) is 0.522. The number of anilines is 1. The largest absolute Gasteiger partial charge is 0.370 e. The van der Waals surface area contributed by atoms with Crippen LogP contribution in [0, 0.1) is 18.7 Å². The summed E-state index contributed by atoms with van der Waals surface area (Å²) in [6.07, 6.45) is 0. The van der Waals surface area contributed by atoms with Crippen LogP contribution in [0.1, 0.15) is 19.4 Å². The molecule has 16 heavy (non-hydrogen) atoms. The zero-order valence-electron chi connectivity index (χ0n) is 9.92. The highest BCUT2D eigenvalue weighted by atomic mass is 19.1. The van der Waals surface area contributed by atoms with Crippen molar-refractivity contribution in [1.82, 2.24) is 0 Å². The highest BCUT2D eigenvalue weighted by Gasteiger charge is 2.00. The summed E-state index contributed by atoms with van der Waals surface area (Å²) in [5.41, 5.74) is 6.89. The molecule has 1 rings (SSSR count). The number of aryl methyl sites for hydroxylation is 1. The number of nitrogens with one attached hydrogen (secondary N) is 1. The molecule has 1 aromatic carbocycles. The van der Waals surface area contributed by atoms with E-state index in [1.165, 1.54) is 6.07 Å². The maximum atomic E-state index is 13.2. The summed E-state index contributed by atoms with van der Waals surface area (Å²) in [5, 5.41) is 2.85. The van der Waals surface area contributed by atoms with Crippen LogP contribution in [0.2, 0.25) is 0 Å². The van der Waals surface area contributed by atoms with Gasteiger partial charge in [-0.05, 0) is 30.5 Å². The SMILES string of the molecule is Cc1ccc(NC(N)=NCC(C)C)cc1F. The van der Waals surface area contributed by atoms with Crippen molar-refractivity contribution in [3.05, 3.63) is 29.6 Å². The summed E-state index contributed by atoms with van der Waals surface area (Å²) >= 11 is 0. The molecule has 0 aromatic heterocycles. The van der Waals surface area contributed by atoms with E-state index in [0.29, 0.717) is 29.7 Å². The van der Waals surface area contributed by atoms with Crippen LogP contribution in [-0.2, 0) is 0 Å². The van der Waals surface area contributed by atoms with E-state index in [1.54, 1.807) is 19.1 Å². The Morgan fingerprint density at radius 3 is 2.75 bits per heavy atom. The molecule has 3 nitrogen and oxygen atoms in total. The normalized spacial score (nSPS) is 11.9. The zero-order chi connectivity index (χ0) is 12.1. The van der Waals surface area contributed by atoms with Gasteiger partial charge in [0.05, 0.1) is 0 Å². The molecule has 0 heterocycles. The van der Waals surface area contributed by atoms with Gasteiger partial charge in [-0.3, -0.25) is 4.99 Å². The summed E-state index contributed by atoms with van der Waals surface area (Å²) < 4.78 is 13.2. The van der Waals surface area contributed by atoms with Crippen molar-refractivity contribution in [2.45, 2.75) is 20.8 Å².